The van der Waals surface area contributed by atoms with Gasteiger partial charge in [-0.05, 0) is 51.7 Å². The van der Waals surface area contributed by atoms with Crippen LogP contribution in [0.25, 0.3) is 6.08 Å². The minimum atomic E-state index is -1.24. The summed E-state index contributed by atoms with van der Waals surface area (Å²) in [6.45, 7) is 8.67. The lowest BCUT2D eigenvalue weighted by molar-refractivity contribution is -0.137. The summed E-state index contributed by atoms with van der Waals surface area (Å²) < 4.78 is 10.5. The van der Waals surface area contributed by atoms with Crippen LogP contribution in [0.3, 0.4) is 0 Å². The molecule has 0 radical (unpaired) electrons. The molecule has 5 nitrogen and oxygen atoms in total. The van der Waals surface area contributed by atoms with E-state index in [4.69, 9.17) is 9.39 Å². The SMILES string of the molecule is CCOC(=O)/C=C/c1ccccc1B(O)OC(C)(C)C(C)(C)O. The molecule has 0 aliphatic rings. The summed E-state index contributed by atoms with van der Waals surface area (Å²) in [6, 6.07) is 7.02. The van der Waals surface area contributed by atoms with Crippen molar-refractivity contribution in [2.24, 2.45) is 0 Å². The number of benzene rings is 1. The lowest BCUT2D eigenvalue weighted by atomic mass is 9.74. The molecule has 0 unspecified atom stereocenters. The fourth-order valence-electron chi connectivity index (χ4n) is 1.72. The minimum absolute atomic E-state index is 0.302. The van der Waals surface area contributed by atoms with Crippen LogP contribution < -0.4 is 5.46 Å². The Morgan fingerprint density at radius 1 is 1.26 bits per heavy atom. The molecule has 0 saturated heterocycles. The van der Waals surface area contributed by atoms with Crippen molar-refractivity contribution in [1.82, 2.24) is 0 Å². The lowest BCUT2D eigenvalue weighted by Crippen LogP contribution is -2.53. The number of hydrogen-bond acceptors (Lipinski definition) is 5. The zero-order chi connectivity index (χ0) is 17.7. The van der Waals surface area contributed by atoms with Crippen molar-refractivity contribution in [2.45, 2.75) is 45.8 Å². The molecular weight excluding hydrogens is 295 g/mol. The summed E-state index contributed by atoms with van der Waals surface area (Å²) in [6.07, 6.45) is 2.87. The second-order valence-electron chi connectivity index (χ2n) is 6.25. The van der Waals surface area contributed by atoms with Crippen molar-refractivity contribution in [3.63, 3.8) is 0 Å². The first-order chi connectivity index (χ1) is 10.6. The van der Waals surface area contributed by atoms with Gasteiger partial charge in [-0.3, -0.25) is 0 Å². The first-order valence-corrected chi connectivity index (χ1v) is 7.60. The van der Waals surface area contributed by atoms with Gasteiger partial charge >= 0.3 is 13.1 Å². The third-order valence-corrected chi connectivity index (χ3v) is 3.83. The Balaban J connectivity index is 2.98. The molecule has 6 heteroatoms. The molecule has 0 spiro atoms. The molecule has 1 aromatic carbocycles. The minimum Gasteiger partial charge on any atom is -0.463 e. The fourth-order valence-corrected chi connectivity index (χ4v) is 1.72. The normalized spacial score (nSPS) is 12.5. The molecule has 0 atom stereocenters. The molecule has 1 rings (SSSR count). The Kier molecular flexibility index (Phi) is 6.56. The van der Waals surface area contributed by atoms with Gasteiger partial charge in [-0.15, -0.1) is 0 Å². The summed E-state index contributed by atoms with van der Waals surface area (Å²) in [5, 5.41) is 20.5. The molecule has 126 valence electrons. The highest BCUT2D eigenvalue weighted by Gasteiger charge is 2.39. The van der Waals surface area contributed by atoms with Gasteiger partial charge in [0.15, 0.2) is 0 Å². The summed E-state index contributed by atoms with van der Waals surface area (Å²) in [7, 11) is -1.24. The van der Waals surface area contributed by atoms with Crippen molar-refractivity contribution < 1.29 is 24.3 Å². The molecule has 1 aromatic rings. The van der Waals surface area contributed by atoms with Gasteiger partial charge in [0.1, 0.15) is 0 Å². The Bertz CT molecular complexity index is 560. The van der Waals surface area contributed by atoms with Gasteiger partial charge in [0.25, 0.3) is 0 Å². The van der Waals surface area contributed by atoms with Gasteiger partial charge in [-0.25, -0.2) is 4.79 Å². The summed E-state index contributed by atoms with van der Waals surface area (Å²) >= 11 is 0. The number of aliphatic hydroxyl groups is 1. The molecule has 23 heavy (non-hydrogen) atoms. The smallest absolute Gasteiger partial charge is 0.463 e. The van der Waals surface area contributed by atoms with Crippen LogP contribution in [0.4, 0.5) is 0 Å². The van der Waals surface area contributed by atoms with E-state index < -0.39 is 24.3 Å². The average Bonchev–Trinajstić information content (AvgIpc) is 2.44. The lowest BCUT2D eigenvalue weighted by Gasteiger charge is -2.38. The zero-order valence-corrected chi connectivity index (χ0v) is 14.4. The third-order valence-electron chi connectivity index (χ3n) is 3.83. The van der Waals surface area contributed by atoms with Crippen LogP contribution in [0.2, 0.25) is 0 Å². The molecule has 0 aromatic heterocycles. The van der Waals surface area contributed by atoms with E-state index in [9.17, 15) is 14.9 Å². The highest BCUT2D eigenvalue weighted by atomic mass is 16.5. The van der Waals surface area contributed by atoms with E-state index in [1.54, 1.807) is 65.0 Å². The largest absolute Gasteiger partial charge is 0.492 e. The molecule has 0 amide bonds. The van der Waals surface area contributed by atoms with Crippen LogP contribution in [0, 0.1) is 0 Å². The highest BCUT2D eigenvalue weighted by Crippen LogP contribution is 2.25. The number of rotatable bonds is 7. The van der Waals surface area contributed by atoms with E-state index in [1.807, 2.05) is 0 Å². The quantitative estimate of drug-likeness (QED) is 0.452. The van der Waals surface area contributed by atoms with Gasteiger partial charge in [0.05, 0.1) is 17.8 Å². The maximum absolute atomic E-state index is 11.4. The Morgan fingerprint density at radius 3 is 2.43 bits per heavy atom. The van der Waals surface area contributed by atoms with E-state index in [2.05, 4.69) is 0 Å². The number of hydrogen-bond donors (Lipinski definition) is 2. The Hall–Kier alpha value is -1.63. The molecule has 0 heterocycles. The van der Waals surface area contributed by atoms with E-state index >= 15 is 0 Å². The summed E-state index contributed by atoms with van der Waals surface area (Å²) in [5.41, 5.74) is -0.960. The van der Waals surface area contributed by atoms with Crippen molar-refractivity contribution in [3.05, 3.63) is 35.9 Å². The van der Waals surface area contributed by atoms with Gasteiger partial charge in [0, 0.05) is 6.08 Å². The highest BCUT2D eigenvalue weighted by molar-refractivity contribution is 6.61. The van der Waals surface area contributed by atoms with E-state index in [-0.39, 0.29) is 0 Å². The van der Waals surface area contributed by atoms with Crippen LogP contribution in [-0.2, 0) is 14.2 Å². The van der Waals surface area contributed by atoms with Crippen LogP contribution in [-0.4, -0.2) is 41.0 Å². The maximum atomic E-state index is 11.4. The first-order valence-electron chi connectivity index (χ1n) is 7.60. The zero-order valence-electron chi connectivity index (χ0n) is 14.4. The van der Waals surface area contributed by atoms with E-state index in [0.717, 1.165) is 0 Å². The van der Waals surface area contributed by atoms with Crippen molar-refractivity contribution in [3.8, 4) is 0 Å². The van der Waals surface area contributed by atoms with Crippen molar-refractivity contribution in [2.75, 3.05) is 6.61 Å². The molecule has 0 saturated carbocycles. The van der Waals surface area contributed by atoms with Crippen LogP contribution in [0.15, 0.2) is 30.3 Å². The molecule has 2 N–H and O–H groups in total. The molecule has 0 aliphatic carbocycles. The van der Waals surface area contributed by atoms with Crippen LogP contribution in [0.1, 0.15) is 40.2 Å². The number of esters is 1. The van der Waals surface area contributed by atoms with Gasteiger partial charge < -0.3 is 19.5 Å². The van der Waals surface area contributed by atoms with Gasteiger partial charge in [-0.1, -0.05) is 24.3 Å². The topological polar surface area (TPSA) is 76.0 Å². The second kappa shape index (κ2) is 7.77. The molecular formula is C17H25BO5. The number of carbonyl (C=O) groups is 1. The first kappa shape index (κ1) is 19.4. The van der Waals surface area contributed by atoms with Crippen molar-refractivity contribution >= 4 is 24.6 Å². The number of ether oxygens (including phenoxy) is 1. The van der Waals surface area contributed by atoms with Gasteiger partial charge in [-0.2, -0.15) is 0 Å². The van der Waals surface area contributed by atoms with Crippen molar-refractivity contribution in [1.29, 1.82) is 0 Å². The summed E-state index contributed by atoms with van der Waals surface area (Å²) in [5.74, 6) is -0.450. The average molecular weight is 320 g/mol. The van der Waals surface area contributed by atoms with Crippen LogP contribution in [0.5, 0.6) is 0 Å². The molecule has 0 fully saturated rings. The third kappa shape index (κ3) is 5.50. The number of carbonyl (C=O) groups excluding carboxylic acids is 1. The van der Waals surface area contributed by atoms with E-state index in [0.29, 0.717) is 17.6 Å². The molecule has 0 aliphatic heterocycles. The molecule has 0 bridgehead atoms. The summed E-state index contributed by atoms with van der Waals surface area (Å²) in [4.78, 5) is 11.4. The second-order valence-corrected chi connectivity index (χ2v) is 6.25. The standard InChI is InChI=1S/C17H25BO5/c1-6-22-15(19)12-11-13-9-7-8-10-14(13)18(21)23-17(4,5)16(2,3)20/h7-12,20-21H,6H2,1-5H3/b12-11+. The Morgan fingerprint density at radius 2 is 1.87 bits per heavy atom. The maximum Gasteiger partial charge on any atom is 0.492 e. The monoisotopic (exact) mass is 320 g/mol. The van der Waals surface area contributed by atoms with Crippen LogP contribution >= 0.6 is 0 Å². The predicted molar refractivity (Wildman–Crippen MR) is 91.2 cm³/mol. The predicted octanol–water partition coefficient (Wildman–Crippen LogP) is 1.52. The Labute approximate surface area is 138 Å². The van der Waals surface area contributed by atoms with E-state index in [1.165, 1.54) is 6.08 Å². The fraction of sp³-hybridized carbons (Fsp3) is 0.471. The van der Waals surface area contributed by atoms with Gasteiger partial charge in [0.2, 0.25) is 0 Å².